The van der Waals surface area contributed by atoms with Crippen molar-refractivity contribution in [3.63, 3.8) is 0 Å². The number of hydrogen-bond donors (Lipinski definition) is 0. The first-order valence-corrected chi connectivity index (χ1v) is 7.05. The van der Waals surface area contributed by atoms with E-state index in [4.69, 9.17) is 0 Å². The minimum atomic E-state index is -0.119. The van der Waals surface area contributed by atoms with Gasteiger partial charge in [0.25, 0.3) is 0 Å². The van der Waals surface area contributed by atoms with E-state index >= 15 is 0 Å². The van der Waals surface area contributed by atoms with E-state index in [1.165, 1.54) is 0 Å². The van der Waals surface area contributed by atoms with Gasteiger partial charge in [0.15, 0.2) is 0 Å². The molecule has 0 amide bonds. The second kappa shape index (κ2) is 5.00. The lowest BCUT2D eigenvalue weighted by molar-refractivity contribution is 0.905. The van der Waals surface area contributed by atoms with Gasteiger partial charge in [0, 0.05) is 6.20 Å². The van der Waals surface area contributed by atoms with Crippen LogP contribution in [0.15, 0.2) is 83.8 Å². The van der Waals surface area contributed by atoms with Crippen LogP contribution in [0.25, 0.3) is 22.5 Å². The van der Waals surface area contributed by atoms with E-state index in [1.807, 2.05) is 72.8 Å². The van der Waals surface area contributed by atoms with Crippen LogP contribution in [0, 0.1) is 0 Å². The lowest BCUT2D eigenvalue weighted by Gasteiger charge is -2.02. The molecule has 0 radical (unpaired) electrons. The van der Waals surface area contributed by atoms with Crippen molar-refractivity contribution in [1.29, 1.82) is 0 Å². The summed E-state index contributed by atoms with van der Waals surface area (Å²) < 4.78 is 3.35. The molecule has 0 atom stereocenters. The average Bonchev–Trinajstić information content (AvgIpc) is 2.88. The molecule has 0 saturated carbocycles. The Balaban J connectivity index is 2.12. The predicted octanol–water partition coefficient (Wildman–Crippen LogP) is 3.18. The molecule has 2 heterocycles. The topological polar surface area (TPSA) is 39.8 Å². The largest absolute Gasteiger partial charge is 0.339 e. The molecule has 0 aliphatic carbocycles. The Morgan fingerprint density at radius 2 is 1.32 bits per heavy atom. The van der Waals surface area contributed by atoms with E-state index in [0.29, 0.717) is 5.82 Å². The smallest absolute Gasteiger partial charge is 0.260 e. The summed E-state index contributed by atoms with van der Waals surface area (Å²) in [6.45, 7) is 0. The Labute approximate surface area is 126 Å². The Morgan fingerprint density at radius 3 is 2.00 bits per heavy atom. The van der Waals surface area contributed by atoms with Gasteiger partial charge < -0.3 is 0 Å². The van der Waals surface area contributed by atoms with E-state index in [2.05, 4.69) is 4.98 Å². The summed E-state index contributed by atoms with van der Waals surface area (Å²) in [6, 6.07) is 22.9. The summed E-state index contributed by atoms with van der Waals surface area (Å²) in [7, 11) is 0. The van der Waals surface area contributed by atoms with Gasteiger partial charge in [-0.2, -0.15) is 0 Å². The van der Waals surface area contributed by atoms with Crippen LogP contribution in [-0.2, 0) is 0 Å². The van der Waals surface area contributed by atoms with Crippen LogP contribution in [0.4, 0.5) is 0 Å². The second-order valence-electron chi connectivity index (χ2n) is 4.97. The molecule has 4 nitrogen and oxygen atoms in total. The number of hydrogen-bond acceptors (Lipinski definition) is 2. The third kappa shape index (κ3) is 1.85. The molecule has 0 bridgehead atoms. The second-order valence-corrected chi connectivity index (χ2v) is 4.97. The molecule has 0 aliphatic rings. The van der Waals surface area contributed by atoms with Crippen molar-refractivity contribution in [3.05, 3.63) is 89.5 Å². The molecule has 0 aliphatic heterocycles. The fraction of sp³-hybridized carbons (Fsp3) is 0. The fourth-order valence-corrected chi connectivity index (χ4v) is 2.68. The zero-order chi connectivity index (χ0) is 14.9. The van der Waals surface area contributed by atoms with E-state index in [-0.39, 0.29) is 5.69 Å². The van der Waals surface area contributed by atoms with Gasteiger partial charge in [0.1, 0.15) is 5.82 Å². The van der Waals surface area contributed by atoms with Gasteiger partial charge >= 0.3 is 5.69 Å². The number of rotatable bonds is 2. The Kier molecular flexibility index (Phi) is 2.86. The van der Waals surface area contributed by atoms with Crippen LogP contribution in [0.2, 0.25) is 0 Å². The van der Waals surface area contributed by atoms with Crippen LogP contribution >= 0.6 is 0 Å². The molecule has 4 aromatic rings. The molecule has 4 rings (SSSR count). The maximum Gasteiger partial charge on any atom is 0.339 e. The van der Waals surface area contributed by atoms with Crippen molar-refractivity contribution >= 4 is 11.0 Å². The van der Waals surface area contributed by atoms with E-state index in [0.717, 1.165) is 16.7 Å². The number of imidazole rings is 1. The molecule has 0 spiro atoms. The van der Waals surface area contributed by atoms with Crippen LogP contribution in [0.5, 0.6) is 0 Å². The minimum Gasteiger partial charge on any atom is -0.260 e. The van der Waals surface area contributed by atoms with Gasteiger partial charge in [-0.25, -0.2) is 14.3 Å². The normalized spacial score (nSPS) is 10.9. The first kappa shape index (κ1) is 12.6. The number of fused-ring (bicyclic) bond motifs is 1. The number of pyridine rings is 1. The van der Waals surface area contributed by atoms with Crippen LogP contribution in [0.1, 0.15) is 0 Å². The third-order valence-electron chi connectivity index (χ3n) is 3.64. The molecule has 2 aromatic carbocycles. The van der Waals surface area contributed by atoms with E-state index in [9.17, 15) is 4.79 Å². The number of benzene rings is 2. The average molecular weight is 287 g/mol. The first-order valence-electron chi connectivity index (χ1n) is 7.05. The lowest BCUT2D eigenvalue weighted by Crippen LogP contribution is -2.22. The standard InChI is InChI=1S/C18H13N3O/c22-18-20(14-8-2-1-3-9-14)15-10-4-5-11-16(15)21(18)17-12-6-7-13-19-17/h1-13H. The molecule has 106 valence electrons. The summed E-state index contributed by atoms with van der Waals surface area (Å²) in [5, 5.41) is 0. The lowest BCUT2D eigenvalue weighted by atomic mass is 10.3. The monoisotopic (exact) mass is 287 g/mol. The van der Waals surface area contributed by atoms with Crippen molar-refractivity contribution in [1.82, 2.24) is 14.1 Å². The molecular formula is C18H13N3O. The molecule has 4 heteroatoms. The fourth-order valence-electron chi connectivity index (χ4n) is 2.68. The molecule has 0 saturated heterocycles. The maximum atomic E-state index is 13.0. The zero-order valence-corrected chi connectivity index (χ0v) is 11.8. The summed E-state index contributed by atoms with van der Waals surface area (Å²) in [5.74, 6) is 0.624. The van der Waals surface area contributed by atoms with Gasteiger partial charge in [-0.15, -0.1) is 0 Å². The van der Waals surface area contributed by atoms with Crippen LogP contribution in [0.3, 0.4) is 0 Å². The van der Waals surface area contributed by atoms with Crippen molar-refractivity contribution in [2.45, 2.75) is 0 Å². The molecule has 22 heavy (non-hydrogen) atoms. The van der Waals surface area contributed by atoms with Crippen molar-refractivity contribution in [3.8, 4) is 11.5 Å². The highest BCUT2D eigenvalue weighted by Gasteiger charge is 2.15. The highest BCUT2D eigenvalue weighted by atomic mass is 16.1. The minimum absolute atomic E-state index is 0.119. The summed E-state index contributed by atoms with van der Waals surface area (Å²) in [4.78, 5) is 17.3. The summed E-state index contributed by atoms with van der Waals surface area (Å²) in [6.07, 6.45) is 1.69. The quantitative estimate of drug-likeness (QED) is 0.568. The first-order chi connectivity index (χ1) is 10.9. The zero-order valence-electron chi connectivity index (χ0n) is 11.8. The maximum absolute atomic E-state index is 13.0. The van der Waals surface area contributed by atoms with E-state index in [1.54, 1.807) is 15.3 Å². The third-order valence-corrected chi connectivity index (χ3v) is 3.64. The molecule has 0 unspecified atom stereocenters. The Morgan fingerprint density at radius 1 is 0.682 bits per heavy atom. The summed E-state index contributed by atoms with van der Waals surface area (Å²) >= 11 is 0. The SMILES string of the molecule is O=c1n(-c2ccccc2)c2ccccc2n1-c1ccccn1. The molecule has 2 aromatic heterocycles. The van der Waals surface area contributed by atoms with Gasteiger partial charge in [-0.3, -0.25) is 4.57 Å². The molecular weight excluding hydrogens is 274 g/mol. The van der Waals surface area contributed by atoms with Gasteiger partial charge in [-0.1, -0.05) is 36.4 Å². The predicted molar refractivity (Wildman–Crippen MR) is 86.7 cm³/mol. The summed E-state index contributed by atoms with van der Waals surface area (Å²) in [5.41, 5.74) is 2.43. The molecule has 0 N–H and O–H groups in total. The molecule has 0 fully saturated rings. The van der Waals surface area contributed by atoms with Gasteiger partial charge in [-0.05, 0) is 36.4 Å². The van der Waals surface area contributed by atoms with Crippen LogP contribution in [-0.4, -0.2) is 14.1 Å². The Bertz CT molecular complexity index is 906. The highest BCUT2D eigenvalue weighted by molar-refractivity contribution is 5.79. The van der Waals surface area contributed by atoms with Crippen molar-refractivity contribution in [2.24, 2.45) is 0 Å². The van der Waals surface area contributed by atoms with Gasteiger partial charge in [0.2, 0.25) is 0 Å². The number of nitrogens with zero attached hydrogens (tertiary/aromatic N) is 3. The van der Waals surface area contributed by atoms with Gasteiger partial charge in [0.05, 0.1) is 16.7 Å². The number of para-hydroxylation sites is 3. The Hall–Kier alpha value is -3.14. The van der Waals surface area contributed by atoms with Crippen molar-refractivity contribution < 1.29 is 0 Å². The van der Waals surface area contributed by atoms with Crippen LogP contribution < -0.4 is 5.69 Å². The number of aromatic nitrogens is 3. The van der Waals surface area contributed by atoms with E-state index < -0.39 is 0 Å². The highest BCUT2D eigenvalue weighted by Crippen LogP contribution is 2.19. The van der Waals surface area contributed by atoms with Crippen molar-refractivity contribution in [2.75, 3.05) is 0 Å².